The van der Waals surface area contributed by atoms with Crippen molar-refractivity contribution in [3.8, 4) is 5.75 Å². The average Bonchev–Trinajstić information content (AvgIpc) is 2.54. The number of likely N-dealkylation sites (tertiary alicyclic amines) is 1. The van der Waals surface area contributed by atoms with Crippen LogP contribution < -0.4 is 10.1 Å². The van der Waals surface area contributed by atoms with Crippen molar-refractivity contribution in [2.75, 3.05) is 47.0 Å². The van der Waals surface area contributed by atoms with Crippen LogP contribution in [0.3, 0.4) is 0 Å². The molecule has 1 fully saturated rings. The lowest BCUT2D eigenvalue weighted by Crippen LogP contribution is -2.37. The molecule has 1 heterocycles. The van der Waals surface area contributed by atoms with Crippen LogP contribution in [0.4, 0.5) is 0 Å². The van der Waals surface area contributed by atoms with Crippen molar-refractivity contribution < 1.29 is 9.47 Å². The van der Waals surface area contributed by atoms with Gasteiger partial charge in [-0.25, -0.2) is 0 Å². The predicted molar refractivity (Wildman–Crippen MR) is 85.7 cm³/mol. The van der Waals surface area contributed by atoms with Crippen molar-refractivity contribution in [3.63, 3.8) is 0 Å². The zero-order valence-corrected chi connectivity index (χ0v) is 13.3. The Morgan fingerprint density at radius 2 is 1.86 bits per heavy atom. The van der Waals surface area contributed by atoms with Gasteiger partial charge >= 0.3 is 0 Å². The molecule has 0 unspecified atom stereocenters. The zero-order valence-electron chi connectivity index (χ0n) is 13.3. The second-order valence-electron chi connectivity index (χ2n) is 5.76. The average molecular weight is 292 g/mol. The summed E-state index contributed by atoms with van der Waals surface area (Å²) in [5.41, 5.74) is 1.37. The van der Waals surface area contributed by atoms with E-state index in [-0.39, 0.29) is 0 Å². The van der Waals surface area contributed by atoms with Gasteiger partial charge in [-0.2, -0.15) is 0 Å². The maximum atomic E-state index is 5.20. The second kappa shape index (κ2) is 9.03. The SMILES string of the molecule is COCCNCC1CCN(Cc2ccc(OC)cc2)CC1. The van der Waals surface area contributed by atoms with Crippen molar-refractivity contribution in [1.29, 1.82) is 0 Å². The number of methoxy groups -OCH3 is 2. The van der Waals surface area contributed by atoms with Crippen molar-refractivity contribution >= 4 is 0 Å². The van der Waals surface area contributed by atoms with Crippen LogP contribution in [-0.2, 0) is 11.3 Å². The van der Waals surface area contributed by atoms with Crippen LogP contribution in [0.25, 0.3) is 0 Å². The van der Waals surface area contributed by atoms with Crippen molar-refractivity contribution in [2.24, 2.45) is 5.92 Å². The summed E-state index contributed by atoms with van der Waals surface area (Å²) in [5.74, 6) is 1.74. The fraction of sp³-hybridized carbons (Fsp3) is 0.647. The Labute approximate surface area is 128 Å². The van der Waals surface area contributed by atoms with Crippen LogP contribution in [0.15, 0.2) is 24.3 Å². The normalized spacial score (nSPS) is 17.0. The van der Waals surface area contributed by atoms with E-state index < -0.39 is 0 Å². The molecule has 1 aromatic rings. The first kappa shape index (κ1) is 16.3. The van der Waals surface area contributed by atoms with Gasteiger partial charge in [0.15, 0.2) is 0 Å². The molecular weight excluding hydrogens is 264 g/mol. The highest BCUT2D eigenvalue weighted by Gasteiger charge is 2.18. The molecule has 2 rings (SSSR count). The molecule has 0 aromatic heterocycles. The van der Waals surface area contributed by atoms with Crippen LogP contribution in [0.2, 0.25) is 0 Å². The van der Waals surface area contributed by atoms with Gasteiger partial charge in [-0.3, -0.25) is 4.90 Å². The fourth-order valence-corrected chi connectivity index (χ4v) is 2.82. The number of piperidine rings is 1. The van der Waals surface area contributed by atoms with Crippen LogP contribution in [-0.4, -0.2) is 51.9 Å². The molecule has 0 atom stereocenters. The van der Waals surface area contributed by atoms with E-state index in [9.17, 15) is 0 Å². The molecule has 0 radical (unpaired) electrons. The highest BCUT2D eigenvalue weighted by molar-refractivity contribution is 5.27. The van der Waals surface area contributed by atoms with Crippen LogP contribution >= 0.6 is 0 Å². The molecule has 0 saturated carbocycles. The lowest BCUT2D eigenvalue weighted by atomic mass is 9.96. The van der Waals surface area contributed by atoms with E-state index in [1.54, 1.807) is 14.2 Å². The van der Waals surface area contributed by atoms with Gasteiger partial charge in [0.2, 0.25) is 0 Å². The summed E-state index contributed by atoms with van der Waals surface area (Å²) >= 11 is 0. The summed E-state index contributed by atoms with van der Waals surface area (Å²) in [5, 5.41) is 3.48. The number of nitrogens with zero attached hydrogens (tertiary/aromatic N) is 1. The van der Waals surface area contributed by atoms with Crippen LogP contribution in [0, 0.1) is 5.92 Å². The maximum Gasteiger partial charge on any atom is 0.118 e. The topological polar surface area (TPSA) is 33.7 Å². The van der Waals surface area contributed by atoms with E-state index in [1.807, 2.05) is 12.1 Å². The van der Waals surface area contributed by atoms with Crippen molar-refractivity contribution in [3.05, 3.63) is 29.8 Å². The highest BCUT2D eigenvalue weighted by Crippen LogP contribution is 2.19. The van der Waals surface area contributed by atoms with Gasteiger partial charge < -0.3 is 14.8 Å². The molecule has 0 bridgehead atoms. The third-order valence-electron chi connectivity index (χ3n) is 4.19. The molecule has 0 aliphatic carbocycles. The van der Waals surface area contributed by atoms with E-state index in [1.165, 1.54) is 31.5 Å². The van der Waals surface area contributed by atoms with E-state index in [4.69, 9.17) is 9.47 Å². The second-order valence-corrected chi connectivity index (χ2v) is 5.76. The third-order valence-corrected chi connectivity index (χ3v) is 4.19. The van der Waals surface area contributed by atoms with Gasteiger partial charge in [0.1, 0.15) is 5.75 Å². The molecule has 1 aliphatic rings. The Morgan fingerprint density at radius 1 is 1.14 bits per heavy atom. The Kier molecular flexibility index (Phi) is 7.00. The number of rotatable bonds is 8. The Balaban J connectivity index is 1.66. The van der Waals surface area contributed by atoms with Gasteiger partial charge in [-0.15, -0.1) is 0 Å². The van der Waals surface area contributed by atoms with Gasteiger partial charge in [0, 0.05) is 20.2 Å². The minimum Gasteiger partial charge on any atom is -0.497 e. The summed E-state index contributed by atoms with van der Waals surface area (Å²) in [6.07, 6.45) is 2.58. The molecule has 21 heavy (non-hydrogen) atoms. The fourth-order valence-electron chi connectivity index (χ4n) is 2.82. The number of ether oxygens (including phenoxy) is 2. The van der Waals surface area contributed by atoms with Crippen molar-refractivity contribution in [1.82, 2.24) is 10.2 Å². The first-order valence-corrected chi connectivity index (χ1v) is 7.86. The molecule has 0 amide bonds. The molecule has 1 N–H and O–H groups in total. The van der Waals surface area contributed by atoms with Crippen LogP contribution in [0.5, 0.6) is 5.75 Å². The summed E-state index contributed by atoms with van der Waals surface area (Å²) in [6.45, 7) is 6.33. The van der Waals surface area contributed by atoms with E-state index >= 15 is 0 Å². The highest BCUT2D eigenvalue weighted by atomic mass is 16.5. The first-order valence-electron chi connectivity index (χ1n) is 7.86. The van der Waals surface area contributed by atoms with E-state index in [0.29, 0.717) is 0 Å². The van der Waals surface area contributed by atoms with E-state index in [2.05, 4.69) is 22.3 Å². The number of benzene rings is 1. The summed E-state index contributed by atoms with van der Waals surface area (Å²) < 4.78 is 10.3. The molecule has 1 aromatic carbocycles. The maximum absolute atomic E-state index is 5.20. The van der Waals surface area contributed by atoms with Gasteiger partial charge in [0.25, 0.3) is 0 Å². The molecule has 4 nitrogen and oxygen atoms in total. The number of hydrogen-bond donors (Lipinski definition) is 1. The summed E-state index contributed by atoms with van der Waals surface area (Å²) in [7, 11) is 3.46. The summed E-state index contributed by atoms with van der Waals surface area (Å²) in [6, 6.07) is 8.41. The van der Waals surface area contributed by atoms with Crippen LogP contribution in [0.1, 0.15) is 18.4 Å². The Morgan fingerprint density at radius 3 is 2.48 bits per heavy atom. The lowest BCUT2D eigenvalue weighted by Gasteiger charge is -2.32. The molecule has 0 spiro atoms. The smallest absolute Gasteiger partial charge is 0.118 e. The minimum absolute atomic E-state index is 0.802. The van der Waals surface area contributed by atoms with Gasteiger partial charge in [-0.1, -0.05) is 12.1 Å². The monoisotopic (exact) mass is 292 g/mol. The van der Waals surface area contributed by atoms with Crippen molar-refractivity contribution in [2.45, 2.75) is 19.4 Å². The molecule has 1 saturated heterocycles. The minimum atomic E-state index is 0.802. The standard InChI is InChI=1S/C17H28N2O2/c1-20-12-9-18-13-15-7-10-19(11-8-15)14-16-3-5-17(21-2)6-4-16/h3-6,15,18H,7-14H2,1-2H3. The largest absolute Gasteiger partial charge is 0.497 e. The predicted octanol–water partition coefficient (Wildman–Crippen LogP) is 2.14. The Bertz CT molecular complexity index is 386. The zero-order chi connectivity index (χ0) is 14.9. The van der Waals surface area contributed by atoms with E-state index in [0.717, 1.165) is 37.9 Å². The van der Waals surface area contributed by atoms with Gasteiger partial charge in [-0.05, 0) is 56.1 Å². The lowest BCUT2D eigenvalue weighted by molar-refractivity contribution is 0.168. The first-order chi connectivity index (χ1) is 10.3. The number of hydrogen-bond acceptors (Lipinski definition) is 4. The molecular formula is C17H28N2O2. The third kappa shape index (κ3) is 5.65. The quantitative estimate of drug-likeness (QED) is 0.744. The molecule has 1 aliphatic heterocycles. The molecule has 4 heteroatoms. The number of nitrogens with one attached hydrogen (secondary N) is 1. The summed E-state index contributed by atoms with van der Waals surface area (Å²) in [4.78, 5) is 2.55. The van der Waals surface area contributed by atoms with Gasteiger partial charge in [0.05, 0.1) is 13.7 Å². The molecule has 118 valence electrons. The Hall–Kier alpha value is -1.10.